The number of pyridine rings is 1. The van der Waals surface area contributed by atoms with E-state index in [4.69, 9.17) is 21.1 Å². The number of aromatic nitrogens is 1. The van der Waals surface area contributed by atoms with Crippen molar-refractivity contribution in [3.8, 4) is 11.5 Å². The number of hydrogen-bond donors (Lipinski definition) is 2. The Morgan fingerprint density at radius 1 is 1.38 bits per heavy atom. The Kier molecular flexibility index (Phi) is 6.30. The van der Waals surface area contributed by atoms with Gasteiger partial charge in [0, 0.05) is 44.9 Å². The van der Waals surface area contributed by atoms with Crippen LogP contribution in [0.25, 0.3) is 0 Å². The molecule has 0 bridgehead atoms. The Morgan fingerprint density at radius 2 is 2.12 bits per heavy atom. The van der Waals surface area contributed by atoms with Crippen LogP contribution in [-0.4, -0.2) is 60.3 Å². The highest BCUT2D eigenvalue weighted by molar-refractivity contribution is 6.32. The Balaban J connectivity index is 1.65. The highest BCUT2D eigenvalue weighted by atomic mass is 35.5. The number of amides is 2. The SMILES string of the molecule is CCOc1ccc(CNC(=O)c2cn3c(c(O)c2=O)C(=O)N(C)CC32CC2COC)c(F)c1Cl. The highest BCUT2D eigenvalue weighted by Gasteiger charge is 2.60. The third-order valence-corrected chi connectivity index (χ3v) is 6.75. The summed E-state index contributed by atoms with van der Waals surface area (Å²) >= 11 is 5.99. The Labute approximate surface area is 200 Å². The molecule has 1 aromatic heterocycles. The van der Waals surface area contributed by atoms with Crippen LogP contribution in [0.1, 0.15) is 39.8 Å². The van der Waals surface area contributed by atoms with E-state index in [1.54, 1.807) is 21.1 Å². The second-order valence-electron chi connectivity index (χ2n) is 8.53. The third kappa shape index (κ3) is 3.80. The van der Waals surface area contributed by atoms with Crippen LogP contribution in [0.2, 0.25) is 5.02 Å². The van der Waals surface area contributed by atoms with Gasteiger partial charge in [-0.05, 0) is 19.4 Å². The van der Waals surface area contributed by atoms with Gasteiger partial charge in [0.15, 0.2) is 17.3 Å². The largest absolute Gasteiger partial charge is 0.503 e. The molecule has 2 atom stereocenters. The first-order chi connectivity index (χ1) is 16.2. The second kappa shape index (κ2) is 8.92. The molecule has 182 valence electrons. The van der Waals surface area contributed by atoms with Gasteiger partial charge in [-0.1, -0.05) is 17.7 Å². The first-order valence-electron chi connectivity index (χ1n) is 10.8. The van der Waals surface area contributed by atoms with Crippen LogP contribution >= 0.6 is 11.6 Å². The Hall–Kier alpha value is -3.11. The monoisotopic (exact) mass is 493 g/mol. The van der Waals surface area contributed by atoms with Crippen LogP contribution in [0.15, 0.2) is 23.1 Å². The van der Waals surface area contributed by atoms with Crippen LogP contribution in [0.4, 0.5) is 4.39 Å². The summed E-state index contributed by atoms with van der Waals surface area (Å²) in [7, 11) is 3.16. The van der Waals surface area contributed by atoms with Crippen LogP contribution < -0.4 is 15.5 Å². The molecule has 0 radical (unpaired) electrons. The zero-order chi connectivity index (χ0) is 24.8. The molecule has 2 aliphatic rings. The average molecular weight is 494 g/mol. The van der Waals surface area contributed by atoms with Crippen LogP contribution in [0.3, 0.4) is 0 Å². The number of nitrogens with one attached hydrogen (secondary N) is 1. The molecule has 1 saturated carbocycles. The first-order valence-corrected chi connectivity index (χ1v) is 11.1. The summed E-state index contributed by atoms with van der Waals surface area (Å²) in [5, 5.41) is 12.9. The van der Waals surface area contributed by atoms with E-state index in [0.29, 0.717) is 26.2 Å². The topological polar surface area (TPSA) is 110 Å². The van der Waals surface area contributed by atoms with Crippen LogP contribution in [0.5, 0.6) is 11.5 Å². The molecular weight excluding hydrogens is 469 g/mol. The fraction of sp³-hybridized carbons (Fsp3) is 0.435. The number of fused-ring (bicyclic) bond motifs is 2. The second-order valence-corrected chi connectivity index (χ2v) is 8.90. The third-order valence-electron chi connectivity index (χ3n) is 6.40. The number of ether oxygens (including phenoxy) is 2. The molecule has 2 unspecified atom stereocenters. The maximum absolute atomic E-state index is 14.6. The van der Waals surface area contributed by atoms with Gasteiger partial charge in [0.2, 0.25) is 5.43 Å². The molecule has 1 spiro atoms. The van der Waals surface area contributed by atoms with Gasteiger partial charge in [-0.15, -0.1) is 0 Å². The van der Waals surface area contributed by atoms with Crippen molar-refractivity contribution in [1.82, 2.24) is 14.8 Å². The average Bonchev–Trinajstić information content (AvgIpc) is 3.49. The molecule has 0 saturated heterocycles. The molecule has 1 aliphatic carbocycles. The molecule has 9 nitrogen and oxygen atoms in total. The van der Waals surface area contributed by atoms with Crippen LogP contribution in [0, 0.1) is 11.7 Å². The minimum Gasteiger partial charge on any atom is -0.503 e. The molecule has 1 aromatic carbocycles. The minimum atomic E-state index is -0.975. The van der Waals surface area contributed by atoms with E-state index in [9.17, 15) is 23.9 Å². The predicted octanol–water partition coefficient (Wildman–Crippen LogP) is 2.12. The van der Waals surface area contributed by atoms with E-state index < -0.39 is 34.3 Å². The molecule has 2 aromatic rings. The van der Waals surface area contributed by atoms with E-state index in [0.717, 1.165) is 0 Å². The van der Waals surface area contributed by atoms with Crippen molar-refractivity contribution in [1.29, 1.82) is 0 Å². The van der Waals surface area contributed by atoms with Crippen LogP contribution in [-0.2, 0) is 16.8 Å². The molecule has 11 heteroatoms. The number of likely N-dealkylation sites (N-methyl/N-ethyl adjacent to an activating group) is 1. The lowest BCUT2D eigenvalue weighted by Gasteiger charge is -2.35. The molecule has 2 N–H and O–H groups in total. The number of rotatable bonds is 7. The summed E-state index contributed by atoms with van der Waals surface area (Å²) in [4.78, 5) is 39.8. The van der Waals surface area contributed by atoms with Crippen molar-refractivity contribution >= 4 is 23.4 Å². The van der Waals surface area contributed by atoms with Crippen molar-refractivity contribution < 1.29 is 28.6 Å². The smallest absolute Gasteiger partial charge is 0.274 e. The van der Waals surface area contributed by atoms with Crippen molar-refractivity contribution in [3.05, 3.63) is 56.2 Å². The van der Waals surface area contributed by atoms with E-state index >= 15 is 0 Å². The van der Waals surface area contributed by atoms with Gasteiger partial charge in [-0.25, -0.2) is 4.39 Å². The number of carbonyl (C=O) groups is 2. The fourth-order valence-electron chi connectivity index (χ4n) is 4.58. The number of halogens is 2. The quantitative estimate of drug-likeness (QED) is 0.611. The van der Waals surface area contributed by atoms with E-state index in [1.165, 1.54) is 27.8 Å². The van der Waals surface area contributed by atoms with E-state index in [2.05, 4.69) is 5.32 Å². The number of hydrogen-bond acceptors (Lipinski definition) is 6. The van der Waals surface area contributed by atoms with Gasteiger partial charge in [-0.3, -0.25) is 14.4 Å². The van der Waals surface area contributed by atoms with Crippen molar-refractivity contribution in [2.24, 2.45) is 5.92 Å². The Bertz CT molecular complexity index is 1230. The van der Waals surface area contributed by atoms with Crippen molar-refractivity contribution in [3.63, 3.8) is 0 Å². The number of nitrogens with zero attached hydrogens (tertiary/aromatic N) is 2. The standard InChI is InChI=1S/C23H25ClFN3O6/c1-4-34-15-6-5-12(17(25)16(15)24)8-26-21(31)14-9-28-18(20(30)19(14)29)22(32)27(2)11-23(28)7-13(23)10-33-3/h5-6,9,13,30H,4,7-8,10-11H2,1-3H3,(H,26,31). The zero-order valence-electron chi connectivity index (χ0n) is 19.0. The number of aromatic hydroxyl groups is 1. The maximum Gasteiger partial charge on any atom is 0.274 e. The number of methoxy groups -OCH3 is 1. The first kappa shape index (κ1) is 24.0. The van der Waals surface area contributed by atoms with Crippen molar-refractivity contribution in [2.45, 2.75) is 25.4 Å². The lowest BCUT2D eigenvalue weighted by atomic mass is 10.0. The number of carbonyl (C=O) groups excluding carboxylic acids is 2. The highest BCUT2D eigenvalue weighted by Crippen LogP contribution is 2.53. The molecular formula is C23H25ClFN3O6. The van der Waals surface area contributed by atoms with Gasteiger partial charge < -0.3 is 29.4 Å². The summed E-state index contributed by atoms with van der Waals surface area (Å²) in [6.45, 7) is 2.58. The van der Waals surface area contributed by atoms with E-state index in [1.807, 2.05) is 0 Å². The zero-order valence-corrected chi connectivity index (χ0v) is 19.7. The molecule has 2 heterocycles. The summed E-state index contributed by atoms with van der Waals surface area (Å²) in [6, 6.07) is 2.91. The lowest BCUT2D eigenvalue weighted by Crippen LogP contribution is -2.48. The predicted molar refractivity (Wildman–Crippen MR) is 121 cm³/mol. The summed E-state index contributed by atoms with van der Waals surface area (Å²) in [6.07, 6.45) is 1.96. The minimum absolute atomic E-state index is 0.0460. The maximum atomic E-state index is 14.6. The van der Waals surface area contributed by atoms with Crippen molar-refractivity contribution in [2.75, 3.05) is 33.9 Å². The normalized spacial score (nSPS) is 20.9. The van der Waals surface area contributed by atoms with Gasteiger partial charge in [-0.2, -0.15) is 0 Å². The summed E-state index contributed by atoms with van der Waals surface area (Å²) in [5.41, 5.74) is -1.96. The Morgan fingerprint density at radius 3 is 2.79 bits per heavy atom. The fourth-order valence-corrected chi connectivity index (χ4v) is 4.81. The van der Waals surface area contributed by atoms with Gasteiger partial charge in [0.1, 0.15) is 16.3 Å². The summed E-state index contributed by atoms with van der Waals surface area (Å²) in [5.74, 6) is -2.63. The van der Waals surface area contributed by atoms with E-state index in [-0.39, 0.29) is 40.1 Å². The molecule has 1 fully saturated rings. The van der Waals surface area contributed by atoms with Gasteiger partial charge in [0.25, 0.3) is 11.8 Å². The number of benzene rings is 1. The molecule has 4 rings (SSSR count). The van der Waals surface area contributed by atoms with Gasteiger partial charge in [0.05, 0.1) is 18.8 Å². The molecule has 2 amide bonds. The summed E-state index contributed by atoms with van der Waals surface area (Å²) < 4.78 is 26.6. The molecule has 1 aliphatic heterocycles. The van der Waals surface area contributed by atoms with Gasteiger partial charge >= 0.3 is 0 Å². The molecule has 34 heavy (non-hydrogen) atoms. The lowest BCUT2D eigenvalue weighted by molar-refractivity contribution is 0.0664.